The zero-order chi connectivity index (χ0) is 23.1. The minimum Gasteiger partial charge on any atom is -0.380 e. The summed E-state index contributed by atoms with van der Waals surface area (Å²) in [5.74, 6) is -1.07. The summed E-state index contributed by atoms with van der Waals surface area (Å²) < 4.78 is 46.3. The van der Waals surface area contributed by atoms with Gasteiger partial charge in [-0.1, -0.05) is 11.3 Å². The maximum absolute atomic E-state index is 13.0. The van der Waals surface area contributed by atoms with Gasteiger partial charge in [0.1, 0.15) is 5.82 Å². The number of halogens is 1. The Bertz CT molecular complexity index is 1250. The number of hydrogen-bond donors (Lipinski definition) is 0. The van der Waals surface area contributed by atoms with Gasteiger partial charge in [0.15, 0.2) is 14.6 Å². The number of carbonyl (C=O) groups excluding carboxylic acids is 1. The van der Waals surface area contributed by atoms with Gasteiger partial charge >= 0.3 is 0 Å². The fourth-order valence-electron chi connectivity index (χ4n) is 3.12. The standard InChI is InChI=1S/C22H25FN2O4S3/c1-3-29-13-12-25-19-11-8-17(30-2)15-20(19)31-22(25)24-21(26)5-4-14-32(27,28)18-9-6-16(23)7-10-18/h6-11,15H,3-5,12-14H2,1-2H3. The zero-order valence-corrected chi connectivity index (χ0v) is 20.4. The lowest BCUT2D eigenvalue weighted by Gasteiger charge is -2.06. The van der Waals surface area contributed by atoms with Crippen LogP contribution in [0.2, 0.25) is 0 Å². The van der Waals surface area contributed by atoms with Crippen LogP contribution in [0.25, 0.3) is 10.2 Å². The number of benzene rings is 2. The van der Waals surface area contributed by atoms with E-state index >= 15 is 0 Å². The van der Waals surface area contributed by atoms with E-state index in [9.17, 15) is 17.6 Å². The SMILES string of the molecule is CCOCCn1c(=NC(=O)CCCS(=O)(=O)c2ccc(F)cc2)sc2cc(SC)ccc21. The van der Waals surface area contributed by atoms with E-state index in [4.69, 9.17) is 4.74 Å². The number of thioether (sulfide) groups is 1. The third-order valence-corrected chi connectivity index (χ3v) is 8.33. The fraction of sp³-hybridized carbons (Fsp3) is 0.364. The molecule has 1 heterocycles. The predicted octanol–water partition coefficient (Wildman–Crippen LogP) is 4.28. The van der Waals surface area contributed by atoms with Gasteiger partial charge in [-0.2, -0.15) is 4.99 Å². The molecule has 6 nitrogen and oxygen atoms in total. The lowest BCUT2D eigenvalue weighted by Crippen LogP contribution is -2.20. The van der Waals surface area contributed by atoms with Crippen LogP contribution in [-0.2, 0) is 25.9 Å². The number of sulfone groups is 1. The Kier molecular flexibility index (Phi) is 8.64. The predicted molar refractivity (Wildman–Crippen MR) is 126 cm³/mol. The van der Waals surface area contributed by atoms with Crippen molar-refractivity contribution < 1.29 is 22.3 Å². The molecular formula is C22H25FN2O4S3. The molecule has 0 aliphatic heterocycles. The Morgan fingerprint density at radius 2 is 1.97 bits per heavy atom. The molecule has 2 aromatic carbocycles. The van der Waals surface area contributed by atoms with Gasteiger partial charge in [-0.25, -0.2) is 12.8 Å². The molecule has 0 aliphatic rings. The van der Waals surface area contributed by atoms with E-state index < -0.39 is 15.7 Å². The van der Waals surface area contributed by atoms with E-state index in [0.717, 1.165) is 27.2 Å². The molecule has 0 saturated heterocycles. The van der Waals surface area contributed by atoms with Gasteiger partial charge in [-0.3, -0.25) is 4.79 Å². The van der Waals surface area contributed by atoms with E-state index in [1.54, 1.807) is 11.8 Å². The van der Waals surface area contributed by atoms with Crippen molar-refractivity contribution in [1.29, 1.82) is 0 Å². The number of fused-ring (bicyclic) bond motifs is 1. The van der Waals surface area contributed by atoms with Crippen molar-refractivity contribution in [3.63, 3.8) is 0 Å². The molecule has 1 amide bonds. The van der Waals surface area contributed by atoms with Gasteiger partial charge in [0.25, 0.3) is 0 Å². The van der Waals surface area contributed by atoms with Crippen LogP contribution in [0, 0.1) is 5.82 Å². The average molecular weight is 497 g/mol. The molecule has 0 bridgehead atoms. The van der Waals surface area contributed by atoms with Crippen molar-refractivity contribution in [2.75, 3.05) is 25.2 Å². The summed E-state index contributed by atoms with van der Waals surface area (Å²) in [4.78, 5) is 18.5. The second-order valence-electron chi connectivity index (χ2n) is 6.95. The average Bonchev–Trinajstić information content (AvgIpc) is 3.10. The van der Waals surface area contributed by atoms with Crippen molar-refractivity contribution in [3.8, 4) is 0 Å². The minimum absolute atomic E-state index is 0.0101. The van der Waals surface area contributed by atoms with Gasteiger partial charge in [-0.05, 0) is 62.1 Å². The van der Waals surface area contributed by atoms with Crippen molar-refractivity contribution in [2.24, 2.45) is 4.99 Å². The topological polar surface area (TPSA) is 77.7 Å². The highest BCUT2D eigenvalue weighted by molar-refractivity contribution is 7.98. The molecular weight excluding hydrogens is 471 g/mol. The number of hydrogen-bond acceptors (Lipinski definition) is 6. The highest BCUT2D eigenvalue weighted by Crippen LogP contribution is 2.24. The highest BCUT2D eigenvalue weighted by atomic mass is 32.2. The van der Waals surface area contributed by atoms with Crippen LogP contribution >= 0.6 is 23.1 Å². The first-order chi connectivity index (χ1) is 15.3. The number of thiazole rings is 1. The molecule has 172 valence electrons. The molecule has 0 fully saturated rings. The maximum atomic E-state index is 13.0. The Morgan fingerprint density at radius 3 is 2.66 bits per heavy atom. The molecule has 0 N–H and O–H groups in total. The van der Waals surface area contributed by atoms with Gasteiger partial charge in [-0.15, -0.1) is 11.8 Å². The summed E-state index contributed by atoms with van der Waals surface area (Å²) in [5.41, 5.74) is 0.984. The molecule has 0 radical (unpaired) electrons. The van der Waals surface area contributed by atoms with Crippen molar-refractivity contribution >= 4 is 49.1 Å². The highest BCUT2D eigenvalue weighted by Gasteiger charge is 2.15. The molecule has 1 aromatic heterocycles. The fourth-order valence-corrected chi connectivity index (χ4v) is 6.06. The summed E-state index contributed by atoms with van der Waals surface area (Å²) in [7, 11) is -3.58. The van der Waals surface area contributed by atoms with E-state index in [-0.39, 0.29) is 29.4 Å². The first-order valence-corrected chi connectivity index (χ1v) is 13.8. The molecule has 0 aliphatic carbocycles. The molecule has 10 heteroatoms. The third-order valence-electron chi connectivity index (χ3n) is 4.75. The van der Waals surface area contributed by atoms with Crippen LogP contribution < -0.4 is 4.80 Å². The molecule has 0 saturated carbocycles. The number of carbonyl (C=O) groups is 1. The zero-order valence-electron chi connectivity index (χ0n) is 17.9. The third kappa shape index (κ3) is 6.28. The molecule has 0 atom stereocenters. The number of rotatable bonds is 10. The smallest absolute Gasteiger partial charge is 0.248 e. The van der Waals surface area contributed by atoms with Crippen LogP contribution in [0.5, 0.6) is 0 Å². The summed E-state index contributed by atoms with van der Waals surface area (Å²) in [6.45, 7) is 3.60. The summed E-state index contributed by atoms with van der Waals surface area (Å²) in [5, 5.41) is 0. The lowest BCUT2D eigenvalue weighted by atomic mass is 10.3. The van der Waals surface area contributed by atoms with Gasteiger partial charge in [0.05, 0.1) is 27.5 Å². The second kappa shape index (κ2) is 11.2. The monoisotopic (exact) mass is 496 g/mol. The number of ether oxygens (including phenoxy) is 1. The molecule has 0 spiro atoms. The quantitative estimate of drug-likeness (QED) is 0.238. The first kappa shape index (κ1) is 24.6. The molecule has 3 rings (SSSR count). The van der Waals surface area contributed by atoms with Crippen LogP contribution in [0.3, 0.4) is 0 Å². The van der Waals surface area contributed by atoms with E-state index in [1.165, 1.54) is 23.5 Å². The molecule has 32 heavy (non-hydrogen) atoms. The number of aromatic nitrogens is 1. The van der Waals surface area contributed by atoms with Gasteiger partial charge in [0, 0.05) is 24.5 Å². The number of nitrogens with zero attached hydrogens (tertiary/aromatic N) is 2. The summed E-state index contributed by atoms with van der Waals surface area (Å²) in [6.07, 6.45) is 2.16. The van der Waals surface area contributed by atoms with Crippen LogP contribution in [0.4, 0.5) is 4.39 Å². The van der Waals surface area contributed by atoms with E-state index in [1.807, 2.05) is 29.9 Å². The molecule has 3 aromatic rings. The Hall–Kier alpha value is -2.01. The second-order valence-corrected chi connectivity index (χ2v) is 10.9. The van der Waals surface area contributed by atoms with Crippen molar-refractivity contribution in [3.05, 3.63) is 53.1 Å². The summed E-state index contributed by atoms with van der Waals surface area (Å²) >= 11 is 3.07. The van der Waals surface area contributed by atoms with E-state index in [0.29, 0.717) is 24.6 Å². The van der Waals surface area contributed by atoms with Crippen molar-refractivity contribution in [2.45, 2.75) is 36.1 Å². The van der Waals surface area contributed by atoms with Crippen LogP contribution in [0.1, 0.15) is 19.8 Å². The lowest BCUT2D eigenvalue weighted by molar-refractivity contribution is -0.118. The normalized spacial score (nSPS) is 12.5. The molecule has 0 unspecified atom stereocenters. The summed E-state index contributed by atoms with van der Waals surface area (Å²) in [6, 6.07) is 10.8. The minimum atomic E-state index is -3.58. The Balaban J connectivity index is 1.75. The Labute approximate surface area is 195 Å². The van der Waals surface area contributed by atoms with Gasteiger partial charge in [0.2, 0.25) is 5.91 Å². The first-order valence-electron chi connectivity index (χ1n) is 10.1. The maximum Gasteiger partial charge on any atom is 0.248 e. The number of amides is 1. The Morgan fingerprint density at radius 1 is 1.22 bits per heavy atom. The van der Waals surface area contributed by atoms with E-state index in [2.05, 4.69) is 11.1 Å². The van der Waals surface area contributed by atoms with Crippen LogP contribution in [0.15, 0.2) is 57.2 Å². The van der Waals surface area contributed by atoms with Crippen molar-refractivity contribution in [1.82, 2.24) is 4.57 Å². The van der Waals surface area contributed by atoms with Crippen LogP contribution in [-0.4, -0.2) is 44.1 Å². The van der Waals surface area contributed by atoms with Gasteiger partial charge < -0.3 is 9.30 Å². The largest absolute Gasteiger partial charge is 0.380 e.